The molecule has 2 rings (SSSR count). The number of ketones is 1. The number of aromatic hydroxyl groups is 1. The third-order valence-electron chi connectivity index (χ3n) is 5.88. The van der Waals surface area contributed by atoms with Crippen molar-refractivity contribution in [2.75, 3.05) is 0 Å². The summed E-state index contributed by atoms with van der Waals surface area (Å²) in [5, 5.41) is 10.1. The lowest BCUT2D eigenvalue weighted by molar-refractivity contribution is -0.114. The van der Waals surface area contributed by atoms with Crippen molar-refractivity contribution in [2.45, 2.75) is 97.5 Å². The molecule has 0 amide bonds. The molecule has 0 aliphatic heterocycles. The van der Waals surface area contributed by atoms with Crippen LogP contribution in [0.1, 0.15) is 90.5 Å². The molecule has 29 heavy (non-hydrogen) atoms. The van der Waals surface area contributed by atoms with Crippen molar-refractivity contribution in [3.05, 3.63) is 35.9 Å². The molecule has 1 saturated carbocycles. The molecule has 0 saturated heterocycles. The van der Waals surface area contributed by atoms with E-state index in [-0.39, 0.29) is 17.6 Å². The zero-order valence-electron chi connectivity index (χ0n) is 18.7. The van der Waals surface area contributed by atoms with Gasteiger partial charge in [0.2, 0.25) is 0 Å². The van der Waals surface area contributed by atoms with Gasteiger partial charge in [0.1, 0.15) is 0 Å². The summed E-state index contributed by atoms with van der Waals surface area (Å²) < 4.78 is 5.97. The predicted octanol–water partition coefficient (Wildman–Crippen LogP) is 7.01. The lowest BCUT2D eigenvalue weighted by Gasteiger charge is -2.15. The molecule has 1 aliphatic carbocycles. The zero-order chi connectivity index (χ0) is 21.1. The fourth-order valence-corrected chi connectivity index (χ4v) is 3.94. The van der Waals surface area contributed by atoms with E-state index in [4.69, 9.17) is 4.74 Å². The van der Waals surface area contributed by atoms with Gasteiger partial charge in [-0.15, -0.1) is 0 Å². The maximum Gasteiger partial charge on any atom is 0.161 e. The molecule has 1 fully saturated rings. The number of carbonyl (C=O) groups is 1. The molecule has 1 aliphatic rings. The first-order valence-electron chi connectivity index (χ1n) is 11.7. The summed E-state index contributed by atoms with van der Waals surface area (Å²) in [6.07, 6.45) is 15.8. The number of hydrogen-bond donors (Lipinski definition) is 1. The average Bonchev–Trinajstić information content (AvgIpc) is 3.21. The molecule has 0 unspecified atom stereocenters. The van der Waals surface area contributed by atoms with Gasteiger partial charge in [-0.2, -0.15) is 0 Å². The van der Waals surface area contributed by atoms with Crippen LogP contribution in [0, 0.1) is 11.8 Å². The van der Waals surface area contributed by atoms with E-state index >= 15 is 0 Å². The molecule has 0 radical (unpaired) electrons. The van der Waals surface area contributed by atoms with E-state index < -0.39 is 0 Å². The minimum Gasteiger partial charge on any atom is -0.504 e. The van der Waals surface area contributed by atoms with Crippen molar-refractivity contribution in [3.8, 4) is 11.5 Å². The van der Waals surface area contributed by atoms with Crippen LogP contribution >= 0.6 is 0 Å². The van der Waals surface area contributed by atoms with E-state index in [1.807, 2.05) is 12.1 Å². The number of aryl methyl sites for hydroxylation is 1. The van der Waals surface area contributed by atoms with Gasteiger partial charge < -0.3 is 9.84 Å². The second-order valence-electron chi connectivity index (χ2n) is 9.03. The zero-order valence-corrected chi connectivity index (χ0v) is 18.7. The van der Waals surface area contributed by atoms with Crippen molar-refractivity contribution < 1.29 is 14.6 Å². The van der Waals surface area contributed by atoms with Crippen LogP contribution in [0.3, 0.4) is 0 Å². The Labute approximate surface area is 177 Å². The molecular formula is C26H40O3. The maximum atomic E-state index is 12.4. The Morgan fingerprint density at radius 1 is 1.21 bits per heavy atom. The minimum absolute atomic E-state index is 0.183. The number of rotatable bonds is 13. The molecule has 0 heterocycles. The lowest BCUT2D eigenvalue weighted by atomic mass is 9.92. The van der Waals surface area contributed by atoms with Gasteiger partial charge >= 0.3 is 0 Å². The Morgan fingerprint density at radius 3 is 2.66 bits per heavy atom. The highest BCUT2D eigenvalue weighted by Gasteiger charge is 2.18. The summed E-state index contributed by atoms with van der Waals surface area (Å²) >= 11 is 0. The van der Waals surface area contributed by atoms with Crippen LogP contribution in [0.25, 0.3) is 0 Å². The number of carbonyl (C=O) groups excluding carboxylic acids is 1. The van der Waals surface area contributed by atoms with Crippen molar-refractivity contribution >= 4 is 5.78 Å². The van der Waals surface area contributed by atoms with Gasteiger partial charge in [0.25, 0.3) is 0 Å². The molecule has 3 heteroatoms. The molecule has 3 nitrogen and oxygen atoms in total. The van der Waals surface area contributed by atoms with Crippen LogP contribution < -0.4 is 4.74 Å². The number of phenolic OH excluding ortho intramolecular Hbond substituents is 1. The minimum atomic E-state index is 0.183. The van der Waals surface area contributed by atoms with E-state index in [1.165, 1.54) is 44.9 Å². The number of ether oxygens (including phenoxy) is 1. The summed E-state index contributed by atoms with van der Waals surface area (Å²) in [6, 6.07) is 5.48. The van der Waals surface area contributed by atoms with Crippen molar-refractivity contribution in [2.24, 2.45) is 11.8 Å². The van der Waals surface area contributed by atoms with Crippen LogP contribution in [0.2, 0.25) is 0 Å². The normalized spacial score (nSPS) is 16.0. The van der Waals surface area contributed by atoms with Crippen molar-refractivity contribution in [3.63, 3.8) is 0 Å². The van der Waals surface area contributed by atoms with E-state index in [0.29, 0.717) is 30.4 Å². The maximum absolute atomic E-state index is 12.4. The highest BCUT2D eigenvalue weighted by atomic mass is 16.5. The highest BCUT2D eigenvalue weighted by molar-refractivity contribution is 5.89. The van der Waals surface area contributed by atoms with Gasteiger partial charge in [-0.05, 0) is 80.6 Å². The number of benzene rings is 1. The molecule has 162 valence electrons. The molecule has 1 atom stereocenters. The number of hydrogen-bond acceptors (Lipinski definition) is 3. The van der Waals surface area contributed by atoms with Crippen molar-refractivity contribution in [1.29, 1.82) is 0 Å². The van der Waals surface area contributed by atoms with Crippen LogP contribution in [-0.4, -0.2) is 17.0 Å². The Balaban J connectivity index is 1.85. The topological polar surface area (TPSA) is 46.5 Å². The standard InChI is InChI=1S/C26H40O3/c1-4-5-8-21(12-11-20(2)3)13-16-23(27)17-14-22-15-18-25(28)26(19-22)29-24-9-6-7-10-24/h13,15-16,18-21,24,28H,4-12,14,17H2,1-3H3/t21-/m0/s1. The second kappa shape index (κ2) is 12.7. The van der Waals surface area contributed by atoms with Gasteiger partial charge in [-0.1, -0.05) is 52.2 Å². The Hall–Kier alpha value is -1.77. The van der Waals surface area contributed by atoms with Gasteiger partial charge in [0, 0.05) is 6.42 Å². The quantitative estimate of drug-likeness (QED) is 0.362. The van der Waals surface area contributed by atoms with Gasteiger partial charge in [-0.3, -0.25) is 4.79 Å². The molecule has 0 aromatic heterocycles. The third kappa shape index (κ3) is 9.06. The summed E-state index contributed by atoms with van der Waals surface area (Å²) in [5.74, 6) is 2.16. The fraction of sp³-hybridized carbons (Fsp3) is 0.654. The number of allylic oxidation sites excluding steroid dienone is 2. The number of phenols is 1. The molecule has 0 bridgehead atoms. The molecular weight excluding hydrogens is 360 g/mol. The monoisotopic (exact) mass is 400 g/mol. The largest absolute Gasteiger partial charge is 0.504 e. The first-order chi connectivity index (χ1) is 14.0. The first kappa shape index (κ1) is 23.5. The van der Waals surface area contributed by atoms with Crippen LogP contribution in [0.15, 0.2) is 30.4 Å². The second-order valence-corrected chi connectivity index (χ2v) is 9.03. The molecule has 1 aromatic carbocycles. The van der Waals surface area contributed by atoms with Crippen LogP contribution in [0.4, 0.5) is 0 Å². The number of unbranched alkanes of at least 4 members (excludes halogenated alkanes) is 1. The van der Waals surface area contributed by atoms with Gasteiger partial charge in [-0.25, -0.2) is 0 Å². The highest BCUT2D eigenvalue weighted by Crippen LogP contribution is 2.32. The summed E-state index contributed by atoms with van der Waals surface area (Å²) in [6.45, 7) is 6.74. The smallest absolute Gasteiger partial charge is 0.161 e. The predicted molar refractivity (Wildman–Crippen MR) is 121 cm³/mol. The summed E-state index contributed by atoms with van der Waals surface area (Å²) in [7, 11) is 0. The average molecular weight is 401 g/mol. The first-order valence-corrected chi connectivity index (χ1v) is 11.7. The van der Waals surface area contributed by atoms with Gasteiger partial charge in [0.15, 0.2) is 17.3 Å². The lowest BCUT2D eigenvalue weighted by Crippen LogP contribution is -2.11. The Kier molecular flexibility index (Phi) is 10.3. The molecule has 1 N–H and O–H groups in total. The Bertz CT molecular complexity index is 641. The summed E-state index contributed by atoms with van der Waals surface area (Å²) in [5.41, 5.74) is 1.04. The SMILES string of the molecule is CCCC[C@H](C=CC(=O)CCc1ccc(O)c(OC2CCCC2)c1)CCC(C)C. The van der Waals surface area contributed by atoms with Crippen molar-refractivity contribution in [1.82, 2.24) is 0 Å². The molecule has 0 spiro atoms. The van der Waals surface area contributed by atoms with Gasteiger partial charge in [0.05, 0.1) is 6.10 Å². The van der Waals surface area contributed by atoms with Crippen LogP contribution in [0.5, 0.6) is 11.5 Å². The Morgan fingerprint density at radius 2 is 1.97 bits per heavy atom. The van der Waals surface area contributed by atoms with E-state index in [2.05, 4.69) is 26.8 Å². The van der Waals surface area contributed by atoms with Crippen LogP contribution in [-0.2, 0) is 11.2 Å². The third-order valence-corrected chi connectivity index (χ3v) is 5.88. The van der Waals surface area contributed by atoms with E-state index in [1.54, 1.807) is 12.1 Å². The summed E-state index contributed by atoms with van der Waals surface area (Å²) in [4.78, 5) is 12.4. The fourth-order valence-electron chi connectivity index (χ4n) is 3.94. The van der Waals surface area contributed by atoms with E-state index in [0.717, 1.165) is 18.4 Å². The van der Waals surface area contributed by atoms with E-state index in [9.17, 15) is 9.90 Å². The molecule has 1 aromatic rings.